The first-order valence-electron chi connectivity index (χ1n) is 8.22. The number of nitrogens with one attached hydrogen (secondary N) is 2. The highest BCUT2D eigenvalue weighted by Crippen LogP contribution is 2.39. The van der Waals surface area contributed by atoms with Crippen LogP contribution in [0.3, 0.4) is 0 Å². The Balaban J connectivity index is 1.76. The van der Waals surface area contributed by atoms with Gasteiger partial charge in [0.25, 0.3) is 0 Å². The lowest BCUT2D eigenvalue weighted by Gasteiger charge is -2.13. The molecule has 0 aliphatic heterocycles. The first kappa shape index (κ1) is 16.3. The molecule has 0 spiro atoms. The van der Waals surface area contributed by atoms with Crippen LogP contribution in [-0.4, -0.2) is 15.9 Å². The third-order valence-corrected chi connectivity index (χ3v) is 5.59. The molecule has 128 valence electrons. The number of hydrogen-bond acceptors (Lipinski definition) is 5. The fourth-order valence-electron chi connectivity index (χ4n) is 3.24. The summed E-state index contributed by atoms with van der Waals surface area (Å²) in [4.78, 5) is 22.4. The third kappa shape index (κ3) is 3.32. The maximum absolute atomic E-state index is 11.3. The van der Waals surface area contributed by atoms with Crippen molar-refractivity contribution in [3.8, 4) is 0 Å². The number of nitrogens with zero attached hydrogens (tertiary/aromatic N) is 2. The lowest BCUT2D eigenvalue weighted by atomic mass is 9.97. The third-order valence-electron chi connectivity index (χ3n) is 4.23. The molecule has 2 N–H and O–H groups in total. The molecular weight excluding hydrogens is 356 g/mol. The molecule has 0 saturated carbocycles. The normalized spacial score (nSPS) is 13.5. The smallest absolute Gasteiger partial charge is 0.225 e. The van der Waals surface area contributed by atoms with Crippen LogP contribution in [0.2, 0.25) is 5.28 Å². The number of carbonyl (C=O) groups is 1. The van der Waals surface area contributed by atoms with Crippen LogP contribution in [0.5, 0.6) is 0 Å². The maximum Gasteiger partial charge on any atom is 0.225 e. The molecule has 0 bridgehead atoms. The number of halogens is 1. The van der Waals surface area contributed by atoms with E-state index in [4.69, 9.17) is 11.6 Å². The van der Waals surface area contributed by atoms with E-state index in [1.165, 1.54) is 30.2 Å². The number of aromatic nitrogens is 2. The second-order valence-corrected chi connectivity index (χ2v) is 7.54. The molecular formula is C18H17ClN4OS. The fourth-order valence-corrected chi connectivity index (χ4v) is 4.72. The van der Waals surface area contributed by atoms with E-state index in [9.17, 15) is 4.79 Å². The summed E-state index contributed by atoms with van der Waals surface area (Å²) >= 11 is 7.86. The van der Waals surface area contributed by atoms with E-state index < -0.39 is 0 Å². The summed E-state index contributed by atoms with van der Waals surface area (Å²) in [6.45, 7) is 1.49. The highest BCUT2D eigenvalue weighted by molar-refractivity contribution is 7.19. The number of fused-ring (bicyclic) bond motifs is 3. The van der Waals surface area contributed by atoms with Crippen molar-refractivity contribution in [1.29, 1.82) is 0 Å². The molecule has 2 aromatic heterocycles. The number of hydrogen-bond donors (Lipinski definition) is 2. The molecule has 1 aromatic carbocycles. The molecule has 1 aliphatic rings. The highest BCUT2D eigenvalue weighted by atomic mass is 35.5. The number of carbonyl (C=O) groups excluding carboxylic acids is 1. The number of aryl methyl sites for hydroxylation is 2. The van der Waals surface area contributed by atoms with Crippen molar-refractivity contribution in [3.05, 3.63) is 40.0 Å². The number of benzene rings is 1. The molecule has 1 aliphatic carbocycles. The van der Waals surface area contributed by atoms with Crippen molar-refractivity contribution in [2.24, 2.45) is 0 Å². The molecule has 0 saturated heterocycles. The summed E-state index contributed by atoms with van der Waals surface area (Å²) in [5.74, 6) is 0.630. The van der Waals surface area contributed by atoms with Crippen molar-refractivity contribution in [1.82, 2.24) is 9.97 Å². The Bertz CT molecular complexity index is 969. The van der Waals surface area contributed by atoms with E-state index in [1.54, 1.807) is 11.3 Å². The van der Waals surface area contributed by atoms with Gasteiger partial charge in [-0.3, -0.25) is 4.79 Å². The molecule has 1 amide bonds. The summed E-state index contributed by atoms with van der Waals surface area (Å²) in [5.41, 5.74) is 2.93. The second kappa shape index (κ2) is 6.61. The summed E-state index contributed by atoms with van der Waals surface area (Å²) in [6, 6.07) is 7.55. The van der Waals surface area contributed by atoms with Crippen molar-refractivity contribution in [3.63, 3.8) is 0 Å². The molecule has 25 heavy (non-hydrogen) atoms. The summed E-state index contributed by atoms with van der Waals surface area (Å²) < 4.78 is 0. The van der Waals surface area contributed by atoms with Crippen molar-refractivity contribution < 1.29 is 4.79 Å². The minimum Gasteiger partial charge on any atom is -0.339 e. The minimum absolute atomic E-state index is 0.100. The first-order valence-corrected chi connectivity index (χ1v) is 9.42. The van der Waals surface area contributed by atoms with Crippen LogP contribution < -0.4 is 10.6 Å². The molecule has 2 heterocycles. The molecule has 3 aromatic rings. The number of rotatable bonds is 3. The predicted molar refractivity (Wildman–Crippen MR) is 103 cm³/mol. The monoisotopic (exact) mass is 372 g/mol. The Morgan fingerprint density at radius 1 is 1.20 bits per heavy atom. The number of anilines is 3. The summed E-state index contributed by atoms with van der Waals surface area (Å²) in [5, 5.41) is 7.47. The average Bonchev–Trinajstić information content (AvgIpc) is 2.92. The average molecular weight is 373 g/mol. The lowest BCUT2D eigenvalue weighted by Crippen LogP contribution is -2.06. The van der Waals surface area contributed by atoms with Gasteiger partial charge in [-0.15, -0.1) is 11.3 Å². The van der Waals surface area contributed by atoms with Gasteiger partial charge in [0, 0.05) is 23.2 Å². The molecule has 0 unspecified atom stereocenters. The zero-order valence-corrected chi connectivity index (χ0v) is 15.3. The SMILES string of the molecule is CC(=O)Nc1cccc(Nc2nc(Cl)nc3sc4c(c23)CCCC4)c1. The van der Waals surface area contributed by atoms with Crippen LogP contribution in [0.15, 0.2) is 24.3 Å². The predicted octanol–water partition coefficient (Wildman–Crippen LogP) is 4.93. The van der Waals surface area contributed by atoms with E-state index >= 15 is 0 Å². The van der Waals surface area contributed by atoms with Gasteiger partial charge in [-0.2, -0.15) is 4.98 Å². The van der Waals surface area contributed by atoms with Crippen LogP contribution in [0.1, 0.15) is 30.2 Å². The zero-order valence-electron chi connectivity index (χ0n) is 13.7. The Kier molecular flexibility index (Phi) is 4.31. The Hall–Kier alpha value is -2.18. The Morgan fingerprint density at radius 2 is 2.00 bits per heavy atom. The summed E-state index contributed by atoms with van der Waals surface area (Å²) in [6.07, 6.45) is 4.58. The van der Waals surface area contributed by atoms with Crippen molar-refractivity contribution >= 4 is 56.3 Å². The molecule has 0 fully saturated rings. The van der Waals surface area contributed by atoms with E-state index in [2.05, 4.69) is 20.6 Å². The fraction of sp³-hybridized carbons (Fsp3) is 0.278. The van der Waals surface area contributed by atoms with Gasteiger partial charge in [0.2, 0.25) is 11.2 Å². The topological polar surface area (TPSA) is 66.9 Å². The minimum atomic E-state index is -0.100. The molecule has 4 rings (SSSR count). The number of amides is 1. The maximum atomic E-state index is 11.3. The zero-order chi connectivity index (χ0) is 17.4. The van der Waals surface area contributed by atoms with Gasteiger partial charge in [0.1, 0.15) is 10.6 Å². The largest absolute Gasteiger partial charge is 0.339 e. The number of thiophene rings is 1. The van der Waals surface area contributed by atoms with Crippen molar-refractivity contribution in [2.75, 3.05) is 10.6 Å². The van der Waals surface area contributed by atoms with Gasteiger partial charge in [-0.25, -0.2) is 4.98 Å². The Morgan fingerprint density at radius 3 is 2.84 bits per heavy atom. The quantitative estimate of drug-likeness (QED) is 0.640. The molecule has 0 atom stereocenters. The first-order chi connectivity index (χ1) is 12.1. The molecule has 0 radical (unpaired) electrons. The van der Waals surface area contributed by atoms with Crippen LogP contribution in [-0.2, 0) is 17.6 Å². The van der Waals surface area contributed by atoms with Gasteiger partial charge in [0.15, 0.2) is 0 Å². The lowest BCUT2D eigenvalue weighted by molar-refractivity contribution is -0.114. The molecule has 5 nitrogen and oxygen atoms in total. The van der Waals surface area contributed by atoms with Gasteiger partial charge in [-0.05, 0) is 61.0 Å². The van der Waals surface area contributed by atoms with E-state index in [0.717, 1.165) is 40.3 Å². The second-order valence-electron chi connectivity index (χ2n) is 6.12. The standard InChI is InChI=1S/C18H17ClN4OS/c1-10(24)20-11-5-4-6-12(9-11)21-16-15-13-7-2-3-8-14(13)25-17(15)23-18(19)22-16/h4-6,9H,2-3,7-8H2,1H3,(H,20,24)(H,21,22,23). The van der Waals surface area contributed by atoms with E-state index in [1.807, 2.05) is 24.3 Å². The van der Waals surface area contributed by atoms with Crippen LogP contribution in [0.4, 0.5) is 17.2 Å². The van der Waals surface area contributed by atoms with Gasteiger partial charge in [0.05, 0.1) is 5.39 Å². The van der Waals surface area contributed by atoms with Crippen LogP contribution in [0.25, 0.3) is 10.2 Å². The Labute approximate surface area is 154 Å². The molecule has 7 heteroatoms. The van der Waals surface area contributed by atoms with Gasteiger partial charge >= 0.3 is 0 Å². The van der Waals surface area contributed by atoms with Crippen molar-refractivity contribution in [2.45, 2.75) is 32.6 Å². The van der Waals surface area contributed by atoms with Gasteiger partial charge in [-0.1, -0.05) is 6.07 Å². The van der Waals surface area contributed by atoms with E-state index in [0.29, 0.717) is 0 Å². The van der Waals surface area contributed by atoms with Gasteiger partial charge < -0.3 is 10.6 Å². The highest BCUT2D eigenvalue weighted by Gasteiger charge is 2.21. The van der Waals surface area contributed by atoms with E-state index in [-0.39, 0.29) is 11.2 Å². The van der Waals surface area contributed by atoms with Crippen LogP contribution in [0, 0.1) is 0 Å². The van der Waals surface area contributed by atoms with Crippen LogP contribution >= 0.6 is 22.9 Å². The summed E-state index contributed by atoms with van der Waals surface area (Å²) in [7, 11) is 0.